The topological polar surface area (TPSA) is 50.2 Å². The van der Waals surface area contributed by atoms with Crippen LogP contribution in [0.1, 0.15) is 15.9 Å². The standard InChI is InChI=1S/C17H13NO2S/c19-17(20)13-4-6-15(7-5-13)21-11-12-3-8-16-14(10-12)2-1-9-18-16/h1-10H,11H2,(H,19,20). The molecule has 1 heterocycles. The number of carboxylic acid groups (broad SMARTS) is 1. The van der Waals surface area contributed by atoms with E-state index in [-0.39, 0.29) is 0 Å². The van der Waals surface area contributed by atoms with E-state index in [1.807, 2.05) is 24.3 Å². The van der Waals surface area contributed by atoms with Gasteiger partial charge in [-0.3, -0.25) is 4.98 Å². The van der Waals surface area contributed by atoms with E-state index >= 15 is 0 Å². The van der Waals surface area contributed by atoms with Crippen molar-refractivity contribution in [1.29, 1.82) is 0 Å². The largest absolute Gasteiger partial charge is 0.478 e. The Balaban J connectivity index is 1.72. The quantitative estimate of drug-likeness (QED) is 0.732. The van der Waals surface area contributed by atoms with E-state index in [1.165, 1.54) is 5.56 Å². The molecule has 0 radical (unpaired) electrons. The third-order valence-electron chi connectivity index (χ3n) is 3.17. The van der Waals surface area contributed by atoms with Gasteiger partial charge in [-0.25, -0.2) is 4.79 Å². The minimum Gasteiger partial charge on any atom is -0.478 e. The highest BCUT2D eigenvalue weighted by molar-refractivity contribution is 7.98. The highest BCUT2D eigenvalue weighted by atomic mass is 32.2. The monoisotopic (exact) mass is 295 g/mol. The summed E-state index contributed by atoms with van der Waals surface area (Å²) in [5, 5.41) is 10.0. The van der Waals surface area contributed by atoms with Crippen LogP contribution in [0.5, 0.6) is 0 Å². The maximum Gasteiger partial charge on any atom is 0.335 e. The van der Waals surface area contributed by atoms with Gasteiger partial charge in [0, 0.05) is 22.2 Å². The molecule has 104 valence electrons. The van der Waals surface area contributed by atoms with Crippen LogP contribution in [0.3, 0.4) is 0 Å². The molecule has 0 saturated carbocycles. The highest BCUT2D eigenvalue weighted by Gasteiger charge is 2.03. The molecule has 0 aliphatic rings. The highest BCUT2D eigenvalue weighted by Crippen LogP contribution is 2.24. The van der Waals surface area contributed by atoms with Gasteiger partial charge in [0.15, 0.2) is 0 Å². The zero-order chi connectivity index (χ0) is 14.7. The summed E-state index contributed by atoms with van der Waals surface area (Å²) in [6.07, 6.45) is 1.79. The van der Waals surface area contributed by atoms with Gasteiger partial charge in [-0.2, -0.15) is 0 Å². The molecule has 2 aromatic carbocycles. The molecule has 3 aromatic rings. The molecule has 3 rings (SSSR count). The molecule has 0 aliphatic carbocycles. The maximum atomic E-state index is 10.8. The van der Waals surface area contributed by atoms with E-state index in [9.17, 15) is 4.79 Å². The van der Waals surface area contributed by atoms with Crippen LogP contribution in [0.15, 0.2) is 65.7 Å². The fourth-order valence-corrected chi connectivity index (χ4v) is 2.92. The summed E-state index contributed by atoms with van der Waals surface area (Å²) < 4.78 is 0. The summed E-state index contributed by atoms with van der Waals surface area (Å²) in [6, 6.07) is 17.2. The second-order valence-corrected chi connectivity index (χ2v) is 5.70. The minimum absolute atomic E-state index is 0.316. The Morgan fingerprint density at radius 3 is 2.67 bits per heavy atom. The van der Waals surface area contributed by atoms with E-state index in [0.29, 0.717) is 5.56 Å². The molecule has 0 amide bonds. The first-order valence-electron chi connectivity index (χ1n) is 6.52. The molecule has 0 unspecified atom stereocenters. The van der Waals surface area contributed by atoms with Crippen molar-refractivity contribution in [3.63, 3.8) is 0 Å². The van der Waals surface area contributed by atoms with Crippen LogP contribution in [-0.2, 0) is 5.75 Å². The lowest BCUT2D eigenvalue weighted by atomic mass is 10.1. The molecule has 3 nitrogen and oxygen atoms in total. The molecular weight excluding hydrogens is 282 g/mol. The summed E-state index contributed by atoms with van der Waals surface area (Å²) in [6.45, 7) is 0. The van der Waals surface area contributed by atoms with E-state index in [0.717, 1.165) is 21.6 Å². The molecule has 0 bridgehead atoms. The predicted molar refractivity (Wildman–Crippen MR) is 84.7 cm³/mol. The zero-order valence-corrected chi connectivity index (χ0v) is 12.0. The Labute approximate surface area is 126 Å². The predicted octanol–water partition coefficient (Wildman–Crippen LogP) is 4.23. The van der Waals surface area contributed by atoms with Gasteiger partial charge < -0.3 is 5.11 Å². The lowest BCUT2D eigenvalue weighted by Gasteiger charge is -2.04. The molecule has 1 N–H and O–H groups in total. The number of thioether (sulfide) groups is 1. The van der Waals surface area contributed by atoms with Gasteiger partial charge in [-0.15, -0.1) is 11.8 Å². The van der Waals surface area contributed by atoms with Crippen molar-refractivity contribution in [1.82, 2.24) is 4.98 Å². The average molecular weight is 295 g/mol. The third kappa shape index (κ3) is 3.23. The van der Waals surface area contributed by atoms with Crippen LogP contribution in [0.25, 0.3) is 10.9 Å². The zero-order valence-electron chi connectivity index (χ0n) is 11.2. The van der Waals surface area contributed by atoms with E-state index in [2.05, 4.69) is 23.2 Å². The van der Waals surface area contributed by atoms with Crippen LogP contribution in [0.2, 0.25) is 0 Å². The van der Waals surface area contributed by atoms with Crippen LogP contribution in [0.4, 0.5) is 0 Å². The van der Waals surface area contributed by atoms with Crippen LogP contribution >= 0.6 is 11.8 Å². The summed E-state index contributed by atoms with van der Waals surface area (Å²) in [7, 11) is 0. The van der Waals surface area contributed by atoms with Gasteiger partial charge in [0.2, 0.25) is 0 Å². The molecule has 1 aromatic heterocycles. The molecule has 0 atom stereocenters. The first-order chi connectivity index (χ1) is 10.2. The van der Waals surface area contributed by atoms with Crippen molar-refractivity contribution in [3.05, 3.63) is 71.9 Å². The first-order valence-corrected chi connectivity index (χ1v) is 7.51. The van der Waals surface area contributed by atoms with Crippen molar-refractivity contribution in [2.24, 2.45) is 0 Å². The SMILES string of the molecule is O=C(O)c1ccc(SCc2ccc3ncccc3c2)cc1. The summed E-state index contributed by atoms with van der Waals surface area (Å²) in [4.78, 5) is 16.2. The number of carbonyl (C=O) groups is 1. The number of rotatable bonds is 4. The Bertz CT molecular complexity index is 784. The Morgan fingerprint density at radius 2 is 1.90 bits per heavy atom. The lowest BCUT2D eigenvalue weighted by molar-refractivity contribution is 0.0697. The Morgan fingerprint density at radius 1 is 1.10 bits per heavy atom. The third-order valence-corrected chi connectivity index (χ3v) is 4.26. The molecule has 0 saturated heterocycles. The number of hydrogen-bond acceptors (Lipinski definition) is 3. The van der Waals surface area contributed by atoms with Gasteiger partial charge in [-0.1, -0.05) is 12.1 Å². The van der Waals surface area contributed by atoms with E-state index < -0.39 is 5.97 Å². The maximum absolute atomic E-state index is 10.8. The molecular formula is C17H13NO2S. The first kappa shape index (κ1) is 13.6. The second-order valence-electron chi connectivity index (χ2n) is 4.65. The van der Waals surface area contributed by atoms with Gasteiger partial charge >= 0.3 is 5.97 Å². The number of aromatic carboxylic acids is 1. The van der Waals surface area contributed by atoms with Gasteiger partial charge in [0.25, 0.3) is 0 Å². The van der Waals surface area contributed by atoms with Crippen LogP contribution in [-0.4, -0.2) is 16.1 Å². The van der Waals surface area contributed by atoms with E-state index in [4.69, 9.17) is 5.11 Å². The van der Waals surface area contributed by atoms with Crippen molar-refractivity contribution < 1.29 is 9.90 Å². The number of aromatic nitrogens is 1. The Hall–Kier alpha value is -2.33. The van der Waals surface area contributed by atoms with Crippen molar-refractivity contribution in [2.45, 2.75) is 10.6 Å². The summed E-state index contributed by atoms with van der Waals surface area (Å²) >= 11 is 1.69. The van der Waals surface area contributed by atoms with Crippen LogP contribution in [0, 0.1) is 0 Å². The summed E-state index contributed by atoms with van der Waals surface area (Å²) in [5.74, 6) is -0.0503. The molecule has 0 fully saturated rings. The summed E-state index contributed by atoms with van der Waals surface area (Å²) in [5.41, 5.74) is 2.54. The molecule has 21 heavy (non-hydrogen) atoms. The number of carboxylic acids is 1. The number of fused-ring (bicyclic) bond motifs is 1. The van der Waals surface area contributed by atoms with Crippen molar-refractivity contribution in [3.8, 4) is 0 Å². The number of pyridine rings is 1. The average Bonchev–Trinajstić information content (AvgIpc) is 2.53. The second kappa shape index (κ2) is 5.97. The number of nitrogens with zero attached hydrogens (tertiary/aromatic N) is 1. The number of hydrogen-bond donors (Lipinski definition) is 1. The van der Waals surface area contributed by atoms with Gasteiger partial charge in [0.05, 0.1) is 11.1 Å². The van der Waals surface area contributed by atoms with Crippen molar-refractivity contribution >= 4 is 28.6 Å². The fraction of sp³-hybridized carbons (Fsp3) is 0.0588. The molecule has 0 aliphatic heterocycles. The lowest BCUT2D eigenvalue weighted by Crippen LogP contribution is -1.94. The van der Waals surface area contributed by atoms with Gasteiger partial charge in [0.1, 0.15) is 0 Å². The van der Waals surface area contributed by atoms with Gasteiger partial charge in [-0.05, 0) is 48.0 Å². The van der Waals surface area contributed by atoms with E-state index in [1.54, 1.807) is 30.1 Å². The molecule has 0 spiro atoms. The Kier molecular flexibility index (Phi) is 3.88. The van der Waals surface area contributed by atoms with Crippen LogP contribution < -0.4 is 0 Å². The smallest absolute Gasteiger partial charge is 0.335 e. The fourth-order valence-electron chi connectivity index (χ4n) is 2.08. The minimum atomic E-state index is -0.895. The molecule has 4 heteroatoms. The van der Waals surface area contributed by atoms with Crippen molar-refractivity contribution in [2.75, 3.05) is 0 Å². The normalized spacial score (nSPS) is 10.7. The number of benzene rings is 2.